The van der Waals surface area contributed by atoms with E-state index in [2.05, 4.69) is 10.1 Å². The van der Waals surface area contributed by atoms with Gasteiger partial charge in [-0.25, -0.2) is 0 Å². The molecule has 1 aliphatic rings. The molecule has 1 heterocycles. The highest BCUT2D eigenvalue weighted by atomic mass is 19.3. The fourth-order valence-corrected chi connectivity index (χ4v) is 1.70. The molecule has 0 atom stereocenters. The predicted octanol–water partition coefficient (Wildman–Crippen LogP) is 2.18. The van der Waals surface area contributed by atoms with Crippen molar-refractivity contribution in [3.8, 4) is 0 Å². The Hall–Kier alpha value is -1.79. The number of methoxy groups -OCH3 is 1. The van der Waals surface area contributed by atoms with E-state index in [0.717, 1.165) is 11.5 Å². The Kier molecular flexibility index (Phi) is 4.97. The monoisotopic (exact) mass is 290 g/mol. The Morgan fingerprint density at radius 1 is 1.45 bits per heavy atom. The molecule has 0 unspecified atom stereocenters. The molecule has 0 aliphatic carbocycles. The van der Waals surface area contributed by atoms with Crippen molar-refractivity contribution in [2.24, 2.45) is 0 Å². The van der Waals surface area contributed by atoms with E-state index in [1.807, 2.05) is 25.8 Å². The number of ether oxygens (including phenoxy) is 2. The number of hydrogen-bond acceptors (Lipinski definition) is 4. The first kappa shape index (κ1) is 16.3. The van der Waals surface area contributed by atoms with Crippen molar-refractivity contribution in [2.45, 2.75) is 33.3 Å². The lowest BCUT2D eigenvalue weighted by Gasteiger charge is -2.27. The maximum absolute atomic E-state index is 13.0. The Bertz CT molecular complexity index is 459. The molecule has 0 aromatic rings. The molecule has 0 spiro atoms. The Labute approximate surface area is 117 Å². The number of amides is 1. The SMILES string of the molecule is COC(C)=C(C)N(C)CCC1=C(C)OC(F)(F)C(=O)N1. The molecule has 0 radical (unpaired) electrons. The smallest absolute Gasteiger partial charge is 0.482 e. The van der Waals surface area contributed by atoms with E-state index in [0.29, 0.717) is 18.7 Å². The van der Waals surface area contributed by atoms with Gasteiger partial charge in [-0.05, 0) is 20.8 Å². The molecule has 114 valence electrons. The summed E-state index contributed by atoms with van der Waals surface area (Å²) in [6, 6.07) is 0. The van der Waals surface area contributed by atoms with E-state index >= 15 is 0 Å². The Morgan fingerprint density at radius 3 is 2.60 bits per heavy atom. The first-order valence-electron chi connectivity index (χ1n) is 6.19. The summed E-state index contributed by atoms with van der Waals surface area (Å²) in [5.41, 5.74) is 1.30. The van der Waals surface area contributed by atoms with E-state index in [1.165, 1.54) is 6.92 Å². The van der Waals surface area contributed by atoms with Gasteiger partial charge in [0.2, 0.25) is 0 Å². The third kappa shape index (κ3) is 3.61. The second-order valence-electron chi connectivity index (χ2n) is 4.62. The predicted molar refractivity (Wildman–Crippen MR) is 69.5 cm³/mol. The summed E-state index contributed by atoms with van der Waals surface area (Å²) >= 11 is 0. The molecule has 0 saturated carbocycles. The standard InChI is InChI=1S/C13H20F2N2O3/c1-8(9(2)19-5)17(4)7-6-11-10(3)20-13(14,15)12(18)16-11/h6-7H2,1-5H3,(H,16,18). The molecule has 1 N–H and O–H groups in total. The zero-order chi connectivity index (χ0) is 15.5. The van der Waals surface area contributed by atoms with Crippen molar-refractivity contribution in [2.75, 3.05) is 20.7 Å². The quantitative estimate of drug-likeness (QED) is 0.789. The number of nitrogens with zero attached hydrogens (tertiary/aromatic N) is 1. The molecule has 0 aromatic carbocycles. The van der Waals surface area contributed by atoms with Crippen LogP contribution in [0.25, 0.3) is 0 Å². The van der Waals surface area contributed by atoms with Gasteiger partial charge in [0.1, 0.15) is 11.5 Å². The lowest BCUT2D eigenvalue weighted by Crippen LogP contribution is -2.46. The average molecular weight is 290 g/mol. The van der Waals surface area contributed by atoms with Crippen LogP contribution in [-0.4, -0.2) is 37.6 Å². The van der Waals surface area contributed by atoms with Crippen LogP contribution in [-0.2, 0) is 14.3 Å². The number of nitrogens with one attached hydrogen (secondary N) is 1. The summed E-state index contributed by atoms with van der Waals surface area (Å²) < 4.78 is 35.5. The molecule has 0 saturated heterocycles. The van der Waals surface area contributed by atoms with E-state index in [9.17, 15) is 13.6 Å². The van der Waals surface area contributed by atoms with E-state index in [-0.39, 0.29) is 5.76 Å². The minimum Gasteiger partial charge on any atom is -0.500 e. The average Bonchev–Trinajstić information content (AvgIpc) is 2.38. The Morgan fingerprint density at radius 2 is 2.05 bits per heavy atom. The number of carbonyl (C=O) groups excluding carboxylic acids is 1. The lowest BCUT2D eigenvalue weighted by atomic mass is 10.2. The summed E-state index contributed by atoms with van der Waals surface area (Å²) in [4.78, 5) is 13.1. The van der Waals surface area contributed by atoms with Gasteiger partial charge in [-0.1, -0.05) is 0 Å². The second kappa shape index (κ2) is 6.11. The van der Waals surface area contributed by atoms with Crippen molar-refractivity contribution >= 4 is 5.91 Å². The third-order valence-corrected chi connectivity index (χ3v) is 3.32. The number of hydrogen-bond donors (Lipinski definition) is 1. The van der Waals surface area contributed by atoms with Gasteiger partial charge < -0.3 is 19.7 Å². The summed E-state index contributed by atoms with van der Waals surface area (Å²) in [6.45, 7) is 5.67. The van der Waals surface area contributed by atoms with Crippen molar-refractivity contribution < 1.29 is 23.0 Å². The van der Waals surface area contributed by atoms with Crippen molar-refractivity contribution in [1.82, 2.24) is 10.2 Å². The third-order valence-electron chi connectivity index (χ3n) is 3.32. The summed E-state index contributed by atoms with van der Waals surface area (Å²) in [6.07, 6.45) is -3.40. The van der Waals surface area contributed by atoms with Crippen molar-refractivity contribution in [1.29, 1.82) is 0 Å². The Balaban J connectivity index is 2.69. The van der Waals surface area contributed by atoms with Gasteiger partial charge in [0.15, 0.2) is 0 Å². The van der Waals surface area contributed by atoms with Gasteiger partial charge >= 0.3 is 12.0 Å². The van der Waals surface area contributed by atoms with Crippen LogP contribution in [0.1, 0.15) is 27.2 Å². The second-order valence-corrected chi connectivity index (χ2v) is 4.62. The topological polar surface area (TPSA) is 50.8 Å². The minimum atomic E-state index is -3.79. The van der Waals surface area contributed by atoms with Crippen LogP contribution < -0.4 is 5.32 Å². The molecule has 1 aliphatic heterocycles. The van der Waals surface area contributed by atoms with Crippen LogP contribution in [0.2, 0.25) is 0 Å². The number of allylic oxidation sites excluding steroid dienone is 3. The highest BCUT2D eigenvalue weighted by molar-refractivity contribution is 5.84. The van der Waals surface area contributed by atoms with Gasteiger partial charge in [-0.15, -0.1) is 0 Å². The fraction of sp³-hybridized carbons (Fsp3) is 0.615. The van der Waals surface area contributed by atoms with Crippen LogP contribution in [0.5, 0.6) is 0 Å². The maximum atomic E-state index is 13.0. The highest BCUT2D eigenvalue weighted by Gasteiger charge is 2.46. The largest absolute Gasteiger partial charge is 0.500 e. The molecular weight excluding hydrogens is 270 g/mol. The highest BCUT2D eigenvalue weighted by Crippen LogP contribution is 2.27. The molecule has 1 rings (SSSR count). The molecule has 7 heteroatoms. The number of carbonyl (C=O) groups is 1. The fourth-order valence-electron chi connectivity index (χ4n) is 1.70. The lowest BCUT2D eigenvalue weighted by molar-refractivity contribution is -0.218. The zero-order valence-electron chi connectivity index (χ0n) is 12.3. The van der Waals surface area contributed by atoms with E-state index in [1.54, 1.807) is 7.11 Å². The summed E-state index contributed by atoms with van der Waals surface area (Å²) in [5.74, 6) is -0.622. The number of rotatable bonds is 5. The van der Waals surface area contributed by atoms with Crippen LogP contribution in [0.4, 0.5) is 8.78 Å². The van der Waals surface area contributed by atoms with Gasteiger partial charge in [-0.3, -0.25) is 4.79 Å². The molecule has 0 aromatic heterocycles. The minimum absolute atomic E-state index is 0.0353. The van der Waals surface area contributed by atoms with Gasteiger partial charge in [0.05, 0.1) is 12.8 Å². The van der Waals surface area contributed by atoms with Crippen LogP contribution in [0.3, 0.4) is 0 Å². The first-order chi connectivity index (χ1) is 9.19. The van der Waals surface area contributed by atoms with Crippen LogP contribution in [0, 0.1) is 0 Å². The van der Waals surface area contributed by atoms with Gasteiger partial charge in [0.25, 0.3) is 0 Å². The van der Waals surface area contributed by atoms with Crippen molar-refractivity contribution in [3.05, 3.63) is 22.9 Å². The maximum Gasteiger partial charge on any atom is 0.482 e. The van der Waals surface area contributed by atoms with E-state index in [4.69, 9.17) is 4.74 Å². The number of halogens is 2. The molecule has 0 fully saturated rings. The molecule has 0 bridgehead atoms. The van der Waals surface area contributed by atoms with Crippen LogP contribution in [0.15, 0.2) is 22.9 Å². The van der Waals surface area contributed by atoms with Gasteiger partial charge in [-0.2, -0.15) is 8.78 Å². The van der Waals surface area contributed by atoms with E-state index < -0.39 is 12.0 Å². The molecular formula is C13H20F2N2O3. The summed E-state index contributed by atoms with van der Waals surface area (Å²) in [7, 11) is 3.44. The first-order valence-corrected chi connectivity index (χ1v) is 6.19. The van der Waals surface area contributed by atoms with Crippen molar-refractivity contribution in [3.63, 3.8) is 0 Å². The van der Waals surface area contributed by atoms with Gasteiger partial charge in [0, 0.05) is 25.7 Å². The molecule has 1 amide bonds. The normalized spacial score (nSPS) is 19.1. The molecule has 5 nitrogen and oxygen atoms in total. The molecule has 20 heavy (non-hydrogen) atoms. The summed E-state index contributed by atoms with van der Waals surface area (Å²) in [5, 5.41) is 2.19. The zero-order valence-corrected chi connectivity index (χ0v) is 12.3. The number of alkyl halides is 2. The van der Waals surface area contributed by atoms with Crippen LogP contribution >= 0.6 is 0 Å².